The largest absolute Gasteiger partial charge is 0.497 e. The third-order valence-electron chi connectivity index (χ3n) is 4.98. The van der Waals surface area contributed by atoms with Gasteiger partial charge in [-0.05, 0) is 71.9 Å². The molecule has 0 heterocycles. The lowest BCUT2D eigenvalue weighted by molar-refractivity contribution is -0.117. The highest BCUT2D eigenvalue weighted by Gasteiger charge is 2.38. The molecular formula is C22H31N3O2. The molecule has 1 fully saturated rings. The second-order valence-electron chi connectivity index (χ2n) is 7.66. The van der Waals surface area contributed by atoms with Gasteiger partial charge in [-0.3, -0.25) is 4.79 Å². The number of rotatable bonds is 8. The maximum Gasteiger partial charge on any atom is 0.252 e. The number of aliphatic imine (C=N–C) groups is 1. The van der Waals surface area contributed by atoms with Gasteiger partial charge in [-0.2, -0.15) is 0 Å². The van der Waals surface area contributed by atoms with Gasteiger partial charge in [0.05, 0.1) is 13.2 Å². The zero-order valence-electron chi connectivity index (χ0n) is 17.3. The van der Waals surface area contributed by atoms with E-state index in [1.54, 1.807) is 7.11 Å². The van der Waals surface area contributed by atoms with Crippen LogP contribution in [0.1, 0.15) is 59.1 Å². The van der Waals surface area contributed by atoms with Crippen LogP contribution in [-0.4, -0.2) is 25.3 Å². The molecule has 5 heteroatoms. The molecule has 0 saturated heterocycles. The van der Waals surface area contributed by atoms with Crippen LogP contribution in [0, 0.1) is 0 Å². The second-order valence-corrected chi connectivity index (χ2v) is 7.66. The lowest BCUT2D eigenvalue weighted by Crippen LogP contribution is -2.31. The predicted octanol–water partition coefficient (Wildman–Crippen LogP) is 4.28. The minimum Gasteiger partial charge on any atom is -0.497 e. The smallest absolute Gasteiger partial charge is 0.252 e. The van der Waals surface area contributed by atoms with Crippen molar-refractivity contribution in [1.29, 1.82) is 0 Å². The minimum atomic E-state index is -0.149. The number of nitrogens with zero attached hydrogens (tertiary/aromatic N) is 1. The molecule has 0 radical (unpaired) electrons. The highest BCUT2D eigenvalue weighted by Crippen LogP contribution is 2.36. The summed E-state index contributed by atoms with van der Waals surface area (Å²) in [5.74, 6) is 1.33. The number of allylic oxidation sites excluding steroid dienone is 1. The van der Waals surface area contributed by atoms with E-state index >= 15 is 0 Å². The van der Waals surface area contributed by atoms with Crippen molar-refractivity contribution in [1.82, 2.24) is 10.6 Å². The van der Waals surface area contributed by atoms with Crippen molar-refractivity contribution >= 4 is 12.6 Å². The Labute approximate surface area is 162 Å². The van der Waals surface area contributed by atoms with Crippen molar-refractivity contribution in [3.8, 4) is 5.75 Å². The summed E-state index contributed by atoms with van der Waals surface area (Å²) in [6.07, 6.45) is 2.20. The molecule has 1 saturated carbocycles. The van der Waals surface area contributed by atoms with Gasteiger partial charge < -0.3 is 15.4 Å². The highest BCUT2D eigenvalue weighted by atomic mass is 16.5. The Morgan fingerprint density at radius 3 is 2.48 bits per heavy atom. The molecule has 1 aromatic rings. The first-order valence-corrected chi connectivity index (χ1v) is 9.29. The fourth-order valence-corrected chi connectivity index (χ4v) is 3.00. The van der Waals surface area contributed by atoms with Gasteiger partial charge in [-0.25, -0.2) is 4.99 Å². The van der Waals surface area contributed by atoms with Gasteiger partial charge >= 0.3 is 0 Å². The molecule has 0 aliphatic heterocycles. The van der Waals surface area contributed by atoms with E-state index in [2.05, 4.69) is 29.3 Å². The van der Waals surface area contributed by atoms with E-state index in [9.17, 15) is 4.79 Å². The number of ether oxygens (including phenoxy) is 1. The van der Waals surface area contributed by atoms with Crippen molar-refractivity contribution in [3.63, 3.8) is 0 Å². The van der Waals surface area contributed by atoms with Crippen molar-refractivity contribution in [3.05, 3.63) is 52.4 Å². The van der Waals surface area contributed by atoms with E-state index in [-0.39, 0.29) is 17.5 Å². The Balaban J connectivity index is 2.24. The zero-order valence-corrected chi connectivity index (χ0v) is 17.3. The van der Waals surface area contributed by atoms with Gasteiger partial charge in [0, 0.05) is 16.7 Å². The van der Waals surface area contributed by atoms with Gasteiger partial charge in [0.25, 0.3) is 5.91 Å². The van der Waals surface area contributed by atoms with Gasteiger partial charge in [-0.1, -0.05) is 17.7 Å². The zero-order chi connectivity index (χ0) is 20.2. The average molecular weight is 370 g/mol. The van der Waals surface area contributed by atoms with Crippen LogP contribution >= 0.6 is 0 Å². The normalized spacial score (nSPS) is 16.5. The Morgan fingerprint density at radius 1 is 1.30 bits per heavy atom. The van der Waals surface area contributed by atoms with E-state index in [1.807, 2.05) is 52.0 Å². The van der Waals surface area contributed by atoms with Gasteiger partial charge in [0.1, 0.15) is 11.6 Å². The summed E-state index contributed by atoms with van der Waals surface area (Å²) in [6.45, 7) is 13.6. The molecule has 0 spiro atoms. The number of carbonyl (C=O) groups excluding carboxylic acids is 1. The van der Waals surface area contributed by atoms with E-state index in [1.165, 1.54) is 0 Å². The van der Waals surface area contributed by atoms with Crippen LogP contribution < -0.4 is 15.4 Å². The highest BCUT2D eigenvalue weighted by molar-refractivity contribution is 5.98. The van der Waals surface area contributed by atoms with Crippen molar-refractivity contribution in [2.24, 2.45) is 4.99 Å². The van der Waals surface area contributed by atoms with Crippen LogP contribution in [0.5, 0.6) is 5.75 Å². The van der Waals surface area contributed by atoms with Crippen LogP contribution in [0.2, 0.25) is 0 Å². The maximum atomic E-state index is 13.0. The molecule has 1 atom stereocenters. The Kier molecular flexibility index (Phi) is 6.47. The van der Waals surface area contributed by atoms with E-state index in [4.69, 9.17) is 4.74 Å². The summed E-state index contributed by atoms with van der Waals surface area (Å²) in [6, 6.07) is 7.57. The van der Waals surface area contributed by atoms with Gasteiger partial charge in [0.2, 0.25) is 0 Å². The van der Waals surface area contributed by atoms with Crippen LogP contribution in [0.25, 0.3) is 0 Å². The molecule has 5 nitrogen and oxygen atoms in total. The second kappa shape index (κ2) is 8.42. The topological polar surface area (TPSA) is 62.7 Å². The van der Waals surface area contributed by atoms with Crippen molar-refractivity contribution in [2.75, 3.05) is 7.11 Å². The summed E-state index contributed by atoms with van der Waals surface area (Å²) in [5.41, 5.74) is 3.45. The maximum absolute atomic E-state index is 13.0. The lowest BCUT2D eigenvalue weighted by atomic mass is 10.00. The SMILES string of the molecule is C=N/C(NC1(C)CC1)=C(\C)C(C(=O)NC(C)c1cccc(OC)c1)=C(C)C. The summed E-state index contributed by atoms with van der Waals surface area (Å²) in [5, 5.41) is 6.52. The first-order valence-electron chi connectivity index (χ1n) is 9.29. The molecule has 1 aliphatic rings. The fourth-order valence-electron chi connectivity index (χ4n) is 3.00. The predicted molar refractivity (Wildman–Crippen MR) is 111 cm³/mol. The lowest BCUT2D eigenvalue weighted by Gasteiger charge is -2.21. The van der Waals surface area contributed by atoms with Gasteiger partial charge in [0.15, 0.2) is 0 Å². The molecule has 27 heavy (non-hydrogen) atoms. The van der Waals surface area contributed by atoms with Crippen molar-refractivity contribution in [2.45, 2.75) is 59.0 Å². The third-order valence-corrected chi connectivity index (χ3v) is 4.98. The van der Waals surface area contributed by atoms with E-state index in [0.717, 1.165) is 35.3 Å². The quantitative estimate of drug-likeness (QED) is 0.408. The molecule has 1 unspecified atom stereocenters. The van der Waals surface area contributed by atoms with Crippen LogP contribution in [0.15, 0.2) is 51.8 Å². The Bertz CT molecular complexity index is 785. The summed E-state index contributed by atoms with van der Waals surface area (Å²) in [7, 11) is 1.63. The van der Waals surface area contributed by atoms with E-state index < -0.39 is 0 Å². The molecule has 2 N–H and O–H groups in total. The average Bonchev–Trinajstić information content (AvgIpc) is 3.36. The summed E-state index contributed by atoms with van der Waals surface area (Å²) >= 11 is 0. The number of nitrogens with one attached hydrogen (secondary N) is 2. The number of amides is 1. The molecule has 0 bridgehead atoms. The van der Waals surface area contributed by atoms with Crippen LogP contribution in [-0.2, 0) is 4.79 Å². The molecular weight excluding hydrogens is 338 g/mol. The first-order chi connectivity index (χ1) is 12.7. The first kappa shape index (κ1) is 20.7. The number of benzene rings is 1. The third kappa shape index (κ3) is 5.22. The van der Waals surface area contributed by atoms with Crippen LogP contribution in [0.4, 0.5) is 0 Å². The summed E-state index contributed by atoms with van der Waals surface area (Å²) < 4.78 is 5.28. The molecule has 2 rings (SSSR count). The van der Waals surface area contributed by atoms with E-state index in [0.29, 0.717) is 11.4 Å². The molecule has 1 aliphatic carbocycles. The van der Waals surface area contributed by atoms with Gasteiger partial charge in [-0.15, -0.1) is 0 Å². The Hall–Kier alpha value is -2.56. The van der Waals surface area contributed by atoms with Crippen molar-refractivity contribution < 1.29 is 9.53 Å². The molecule has 146 valence electrons. The minimum absolute atomic E-state index is 0.0644. The standard InChI is InChI=1S/C22H31N3O2/c1-14(2)19(15(3)20(23-6)25-22(5)11-12-22)21(26)24-16(4)17-9-8-10-18(13-17)27-7/h8-10,13,16,25H,6,11-12H2,1-5,7H3,(H,24,26)/b20-15-. The number of hydrogen-bond donors (Lipinski definition) is 2. The molecule has 1 aromatic carbocycles. The molecule has 1 amide bonds. The Morgan fingerprint density at radius 2 is 1.96 bits per heavy atom. The fraction of sp³-hybridized carbons (Fsp3) is 0.455. The van der Waals surface area contributed by atoms with Crippen LogP contribution in [0.3, 0.4) is 0 Å². The number of hydrogen-bond acceptors (Lipinski definition) is 4. The number of methoxy groups -OCH3 is 1. The molecule has 0 aromatic heterocycles. The monoisotopic (exact) mass is 369 g/mol. The summed E-state index contributed by atoms with van der Waals surface area (Å²) in [4.78, 5) is 17.2. The number of carbonyl (C=O) groups is 1.